The van der Waals surface area contributed by atoms with Gasteiger partial charge in [-0.3, -0.25) is 9.11 Å². The van der Waals surface area contributed by atoms with Crippen molar-refractivity contribution in [1.29, 1.82) is 5.26 Å². The number of fused-ring (bicyclic) bond motifs is 1. The highest BCUT2D eigenvalue weighted by molar-refractivity contribution is 8.27. The Morgan fingerprint density at radius 2 is 1.88 bits per heavy atom. The standard InChI is InChI=1S/C18H14N4O3S/c19-10-13-1-3-14(4-2-13)22(21-8-7-20-12-21)17-11-26(24,25)18-9-15(23)5-6-16(17)18/h1-9,11-12,23-25H. The number of rotatable bonds is 3. The van der Waals surface area contributed by atoms with Gasteiger partial charge in [0.05, 0.1) is 33.3 Å². The third kappa shape index (κ3) is 2.60. The summed E-state index contributed by atoms with van der Waals surface area (Å²) in [5.74, 6) is -0.0362. The van der Waals surface area contributed by atoms with Crippen molar-refractivity contribution < 1.29 is 14.2 Å². The number of imidazole rings is 1. The van der Waals surface area contributed by atoms with Crippen LogP contribution in [0.3, 0.4) is 0 Å². The van der Waals surface area contributed by atoms with Crippen LogP contribution in [0, 0.1) is 11.3 Å². The smallest absolute Gasteiger partial charge is 0.117 e. The fourth-order valence-electron chi connectivity index (χ4n) is 2.86. The van der Waals surface area contributed by atoms with E-state index in [0.717, 1.165) is 0 Å². The minimum absolute atomic E-state index is 0.0362. The highest BCUT2D eigenvalue weighted by atomic mass is 32.3. The molecule has 0 spiro atoms. The summed E-state index contributed by atoms with van der Waals surface area (Å²) in [6.07, 6.45) is 4.92. The van der Waals surface area contributed by atoms with E-state index in [4.69, 9.17) is 5.26 Å². The summed E-state index contributed by atoms with van der Waals surface area (Å²) in [5, 5.41) is 21.9. The van der Waals surface area contributed by atoms with Gasteiger partial charge in [0.25, 0.3) is 0 Å². The van der Waals surface area contributed by atoms with Crippen LogP contribution in [0.1, 0.15) is 11.1 Å². The molecule has 8 heteroatoms. The number of nitriles is 1. The largest absolute Gasteiger partial charge is 0.508 e. The average molecular weight is 366 g/mol. The SMILES string of the molecule is N#Cc1ccc(N(C2=CS(O)(O)c3cc(O)ccc32)n2ccnc2)cc1. The summed E-state index contributed by atoms with van der Waals surface area (Å²) in [4.78, 5) is 4.33. The van der Waals surface area contributed by atoms with Crippen LogP contribution in [-0.4, -0.2) is 23.9 Å². The van der Waals surface area contributed by atoms with Crippen molar-refractivity contribution in [2.75, 3.05) is 5.01 Å². The Morgan fingerprint density at radius 1 is 1.12 bits per heavy atom. The first-order valence-electron chi connectivity index (χ1n) is 7.61. The van der Waals surface area contributed by atoms with Crippen LogP contribution >= 0.6 is 10.6 Å². The average Bonchev–Trinajstić information content (AvgIpc) is 3.23. The van der Waals surface area contributed by atoms with Crippen molar-refractivity contribution >= 4 is 22.0 Å². The molecular formula is C18H14N4O3S. The molecule has 1 aromatic heterocycles. The van der Waals surface area contributed by atoms with Gasteiger partial charge >= 0.3 is 0 Å². The zero-order chi connectivity index (χ0) is 18.3. The summed E-state index contributed by atoms with van der Waals surface area (Å²) in [5.41, 5.74) is 2.38. The second kappa shape index (κ2) is 5.93. The molecule has 26 heavy (non-hydrogen) atoms. The number of benzene rings is 2. The lowest BCUT2D eigenvalue weighted by atomic mass is 10.1. The van der Waals surface area contributed by atoms with Crippen LogP contribution in [-0.2, 0) is 0 Å². The van der Waals surface area contributed by atoms with Gasteiger partial charge < -0.3 is 5.11 Å². The molecule has 0 saturated heterocycles. The van der Waals surface area contributed by atoms with Crippen molar-refractivity contribution in [3.8, 4) is 11.8 Å². The van der Waals surface area contributed by atoms with Crippen LogP contribution in [0.5, 0.6) is 5.75 Å². The number of aromatic hydroxyl groups is 1. The number of anilines is 1. The normalized spacial score (nSPS) is 15.7. The monoisotopic (exact) mass is 366 g/mol. The van der Waals surface area contributed by atoms with E-state index in [1.165, 1.54) is 17.5 Å². The number of hydrogen-bond acceptors (Lipinski definition) is 6. The molecule has 130 valence electrons. The van der Waals surface area contributed by atoms with Crippen molar-refractivity contribution in [2.45, 2.75) is 4.90 Å². The van der Waals surface area contributed by atoms with Crippen molar-refractivity contribution in [2.24, 2.45) is 0 Å². The molecule has 0 amide bonds. The Morgan fingerprint density at radius 3 is 2.54 bits per heavy atom. The number of nitrogens with zero attached hydrogens (tertiary/aromatic N) is 4. The van der Waals surface area contributed by atoms with E-state index in [0.29, 0.717) is 22.5 Å². The Bertz CT molecular complexity index is 1040. The molecule has 0 atom stereocenters. The summed E-state index contributed by atoms with van der Waals surface area (Å²) in [7, 11) is -3.18. The maximum absolute atomic E-state index is 10.5. The van der Waals surface area contributed by atoms with E-state index < -0.39 is 10.6 Å². The molecule has 1 aliphatic rings. The van der Waals surface area contributed by atoms with E-state index in [9.17, 15) is 14.2 Å². The Labute approximate surface area is 151 Å². The van der Waals surface area contributed by atoms with Crippen LogP contribution in [0.15, 0.2) is 71.5 Å². The molecular weight excluding hydrogens is 352 g/mol. The molecule has 0 aliphatic carbocycles. The predicted octanol–water partition coefficient (Wildman–Crippen LogP) is 3.85. The molecule has 0 saturated carbocycles. The van der Waals surface area contributed by atoms with Gasteiger partial charge in [-0.1, -0.05) is 0 Å². The minimum atomic E-state index is -3.18. The van der Waals surface area contributed by atoms with Crippen LogP contribution in [0.2, 0.25) is 0 Å². The molecule has 0 fully saturated rings. The molecule has 3 N–H and O–H groups in total. The second-order valence-electron chi connectivity index (χ2n) is 5.69. The maximum Gasteiger partial charge on any atom is 0.117 e. The van der Waals surface area contributed by atoms with Crippen molar-refractivity contribution in [3.05, 3.63) is 77.7 Å². The van der Waals surface area contributed by atoms with Crippen molar-refractivity contribution in [3.63, 3.8) is 0 Å². The lowest BCUT2D eigenvalue weighted by molar-refractivity contribution is 0.469. The lowest BCUT2D eigenvalue weighted by Gasteiger charge is -2.27. The quantitative estimate of drug-likeness (QED) is 0.650. The van der Waals surface area contributed by atoms with E-state index in [1.807, 2.05) is 0 Å². The van der Waals surface area contributed by atoms with Crippen LogP contribution < -0.4 is 5.01 Å². The fraction of sp³-hybridized carbons (Fsp3) is 0. The van der Waals surface area contributed by atoms with Gasteiger partial charge in [0, 0.05) is 24.0 Å². The molecule has 7 nitrogen and oxygen atoms in total. The molecule has 1 aliphatic heterocycles. The van der Waals surface area contributed by atoms with Gasteiger partial charge in [-0.2, -0.15) is 5.26 Å². The van der Waals surface area contributed by atoms with Gasteiger partial charge in [-0.25, -0.2) is 14.7 Å². The Hall–Kier alpha value is -3.25. The first kappa shape index (κ1) is 16.2. The second-order valence-corrected chi connectivity index (χ2v) is 7.55. The van der Waals surface area contributed by atoms with E-state index in [2.05, 4.69) is 11.1 Å². The maximum atomic E-state index is 10.5. The van der Waals surface area contributed by atoms with Gasteiger partial charge in [0.2, 0.25) is 0 Å². The molecule has 0 radical (unpaired) electrons. The third-order valence-electron chi connectivity index (χ3n) is 4.03. The number of phenolic OH excluding ortho intramolecular Hbond substituents is 1. The molecule has 2 aromatic carbocycles. The topological polar surface area (TPSA) is 106 Å². The Kier molecular flexibility index (Phi) is 3.70. The molecule has 4 rings (SSSR count). The van der Waals surface area contributed by atoms with E-state index in [-0.39, 0.29) is 10.6 Å². The lowest BCUT2D eigenvalue weighted by Crippen LogP contribution is -2.26. The number of aromatic nitrogens is 2. The van der Waals surface area contributed by atoms with Gasteiger partial charge in [0.15, 0.2) is 0 Å². The van der Waals surface area contributed by atoms with Crippen molar-refractivity contribution in [1.82, 2.24) is 9.66 Å². The molecule has 3 aromatic rings. The highest BCUT2D eigenvalue weighted by Gasteiger charge is 2.32. The van der Waals surface area contributed by atoms with E-state index in [1.54, 1.807) is 58.7 Å². The zero-order valence-electron chi connectivity index (χ0n) is 13.4. The van der Waals surface area contributed by atoms with Gasteiger partial charge in [-0.05, 0) is 36.4 Å². The van der Waals surface area contributed by atoms with Gasteiger partial charge in [-0.15, -0.1) is 10.6 Å². The first-order valence-corrected chi connectivity index (χ1v) is 9.22. The molecule has 2 heterocycles. The minimum Gasteiger partial charge on any atom is -0.508 e. The first-order chi connectivity index (χ1) is 12.5. The summed E-state index contributed by atoms with van der Waals surface area (Å²) in [6.45, 7) is 0. The molecule has 0 unspecified atom stereocenters. The fourth-order valence-corrected chi connectivity index (χ4v) is 4.32. The third-order valence-corrected chi connectivity index (χ3v) is 5.57. The van der Waals surface area contributed by atoms with E-state index >= 15 is 0 Å². The summed E-state index contributed by atoms with van der Waals surface area (Å²) >= 11 is 0. The number of hydrogen-bond donors (Lipinski definition) is 3. The summed E-state index contributed by atoms with van der Waals surface area (Å²) < 4.78 is 22.6. The Balaban J connectivity index is 1.90. The highest BCUT2D eigenvalue weighted by Crippen LogP contribution is 2.60. The predicted molar refractivity (Wildman–Crippen MR) is 98.5 cm³/mol. The summed E-state index contributed by atoms with van der Waals surface area (Å²) in [6, 6.07) is 13.5. The molecule has 0 bridgehead atoms. The number of phenols is 1. The van der Waals surface area contributed by atoms with Crippen LogP contribution in [0.25, 0.3) is 5.70 Å². The zero-order valence-corrected chi connectivity index (χ0v) is 14.2. The van der Waals surface area contributed by atoms with Crippen LogP contribution in [0.4, 0.5) is 5.69 Å². The van der Waals surface area contributed by atoms with Gasteiger partial charge in [0.1, 0.15) is 12.1 Å².